The van der Waals surface area contributed by atoms with Crippen LogP contribution in [0.15, 0.2) is 53.6 Å². The summed E-state index contributed by atoms with van der Waals surface area (Å²) < 4.78 is 31.7. The third-order valence-electron chi connectivity index (χ3n) is 4.12. The first-order valence-electron chi connectivity index (χ1n) is 8.43. The second-order valence-electron chi connectivity index (χ2n) is 5.87. The molecule has 26 heavy (non-hydrogen) atoms. The maximum atomic E-state index is 12.6. The standard InChI is InChI=1S/C18H21N3O4S/c22-18(20-10-8-16-3-1-2-9-19-16)15-4-6-17(7-5-15)26(23,24)21-11-13-25-14-12-21/h1-7,9H,8,10-14H2,(H,20,22). The Morgan fingerprint density at radius 3 is 2.50 bits per heavy atom. The lowest BCUT2D eigenvalue weighted by molar-refractivity contribution is 0.0730. The highest BCUT2D eigenvalue weighted by Gasteiger charge is 2.26. The van der Waals surface area contributed by atoms with Crippen LogP contribution in [0.4, 0.5) is 0 Å². The minimum absolute atomic E-state index is 0.185. The molecule has 0 unspecified atom stereocenters. The van der Waals surface area contributed by atoms with E-state index in [-0.39, 0.29) is 10.8 Å². The van der Waals surface area contributed by atoms with Crippen molar-refractivity contribution in [1.82, 2.24) is 14.6 Å². The zero-order chi connectivity index (χ0) is 18.4. The predicted octanol–water partition coefficient (Wildman–Crippen LogP) is 1.07. The van der Waals surface area contributed by atoms with Crippen LogP contribution < -0.4 is 5.32 Å². The van der Waals surface area contributed by atoms with Gasteiger partial charge in [-0.2, -0.15) is 4.31 Å². The molecule has 0 atom stereocenters. The van der Waals surface area contributed by atoms with Crippen LogP contribution in [0, 0.1) is 0 Å². The molecule has 1 aliphatic heterocycles. The third-order valence-corrected chi connectivity index (χ3v) is 6.03. The Hall–Kier alpha value is -2.29. The maximum absolute atomic E-state index is 12.6. The molecule has 2 heterocycles. The normalized spacial score (nSPS) is 15.5. The molecule has 1 saturated heterocycles. The summed E-state index contributed by atoms with van der Waals surface area (Å²) in [6.45, 7) is 1.95. The molecule has 3 rings (SSSR count). The molecule has 1 amide bonds. The summed E-state index contributed by atoms with van der Waals surface area (Å²) in [5.41, 5.74) is 1.33. The number of nitrogens with zero attached hydrogens (tertiary/aromatic N) is 2. The van der Waals surface area contributed by atoms with E-state index < -0.39 is 10.0 Å². The molecule has 1 fully saturated rings. The second-order valence-corrected chi connectivity index (χ2v) is 7.81. The van der Waals surface area contributed by atoms with Crippen LogP contribution in [-0.4, -0.2) is 56.5 Å². The molecule has 1 N–H and O–H groups in total. The quantitative estimate of drug-likeness (QED) is 0.816. The number of ether oxygens (including phenoxy) is 1. The van der Waals surface area contributed by atoms with Crippen molar-refractivity contribution in [3.8, 4) is 0 Å². The van der Waals surface area contributed by atoms with Crippen LogP contribution in [0.1, 0.15) is 16.1 Å². The molecule has 0 radical (unpaired) electrons. The van der Waals surface area contributed by atoms with Gasteiger partial charge in [0.1, 0.15) is 0 Å². The average Bonchev–Trinajstić information content (AvgIpc) is 2.69. The lowest BCUT2D eigenvalue weighted by atomic mass is 10.2. The van der Waals surface area contributed by atoms with Crippen molar-refractivity contribution >= 4 is 15.9 Å². The first-order valence-corrected chi connectivity index (χ1v) is 9.87. The SMILES string of the molecule is O=C(NCCc1ccccn1)c1ccc(S(=O)(=O)N2CCOCC2)cc1. The van der Waals surface area contributed by atoms with Crippen LogP contribution in [0.2, 0.25) is 0 Å². The molecule has 1 aromatic carbocycles. The number of hydrogen-bond acceptors (Lipinski definition) is 5. The highest BCUT2D eigenvalue weighted by atomic mass is 32.2. The minimum Gasteiger partial charge on any atom is -0.379 e. The monoisotopic (exact) mass is 375 g/mol. The van der Waals surface area contributed by atoms with Crippen LogP contribution in [0.25, 0.3) is 0 Å². The Morgan fingerprint density at radius 2 is 1.85 bits per heavy atom. The predicted molar refractivity (Wildman–Crippen MR) is 96.3 cm³/mol. The summed E-state index contributed by atoms with van der Waals surface area (Å²) in [6.07, 6.45) is 2.35. The minimum atomic E-state index is -3.54. The number of rotatable bonds is 6. The van der Waals surface area contributed by atoms with E-state index in [9.17, 15) is 13.2 Å². The lowest BCUT2D eigenvalue weighted by Crippen LogP contribution is -2.40. The van der Waals surface area contributed by atoms with Crippen molar-refractivity contribution in [1.29, 1.82) is 0 Å². The largest absolute Gasteiger partial charge is 0.379 e. The van der Waals surface area contributed by atoms with Gasteiger partial charge in [-0.05, 0) is 36.4 Å². The fourth-order valence-electron chi connectivity index (χ4n) is 2.67. The van der Waals surface area contributed by atoms with Crippen LogP contribution in [0.5, 0.6) is 0 Å². The number of nitrogens with one attached hydrogen (secondary N) is 1. The smallest absolute Gasteiger partial charge is 0.251 e. The van der Waals surface area contributed by atoms with Crippen molar-refractivity contribution in [3.63, 3.8) is 0 Å². The van der Waals surface area contributed by atoms with E-state index in [4.69, 9.17) is 4.74 Å². The first-order chi connectivity index (χ1) is 12.6. The summed E-state index contributed by atoms with van der Waals surface area (Å²) in [5.74, 6) is -0.240. The molecule has 138 valence electrons. The molecular weight excluding hydrogens is 354 g/mol. The van der Waals surface area contributed by atoms with Gasteiger partial charge in [0.05, 0.1) is 18.1 Å². The molecule has 0 spiro atoms. The van der Waals surface area contributed by atoms with Gasteiger partial charge in [0.2, 0.25) is 10.0 Å². The molecule has 8 heteroatoms. The highest BCUT2D eigenvalue weighted by molar-refractivity contribution is 7.89. The van der Waals surface area contributed by atoms with Gasteiger partial charge in [0.25, 0.3) is 5.91 Å². The van der Waals surface area contributed by atoms with Gasteiger partial charge in [-0.3, -0.25) is 9.78 Å². The van der Waals surface area contributed by atoms with E-state index in [1.165, 1.54) is 28.6 Å². The summed E-state index contributed by atoms with van der Waals surface area (Å²) in [7, 11) is -3.54. The molecule has 7 nitrogen and oxygen atoms in total. The van der Waals surface area contributed by atoms with Gasteiger partial charge in [0.15, 0.2) is 0 Å². The van der Waals surface area contributed by atoms with Crippen molar-refractivity contribution in [2.75, 3.05) is 32.8 Å². The maximum Gasteiger partial charge on any atom is 0.251 e. The number of hydrogen-bond donors (Lipinski definition) is 1. The molecule has 0 bridgehead atoms. The Labute approximate surface area is 153 Å². The zero-order valence-corrected chi connectivity index (χ0v) is 15.1. The second kappa shape index (κ2) is 8.39. The summed E-state index contributed by atoms with van der Waals surface area (Å²) in [4.78, 5) is 16.6. The number of benzene rings is 1. The summed E-state index contributed by atoms with van der Waals surface area (Å²) in [5, 5.41) is 2.81. The van der Waals surface area contributed by atoms with Gasteiger partial charge < -0.3 is 10.1 Å². The van der Waals surface area contributed by atoms with Crippen molar-refractivity contribution in [2.24, 2.45) is 0 Å². The number of pyridine rings is 1. The van der Waals surface area contributed by atoms with Gasteiger partial charge >= 0.3 is 0 Å². The highest BCUT2D eigenvalue weighted by Crippen LogP contribution is 2.17. The zero-order valence-electron chi connectivity index (χ0n) is 14.3. The fraction of sp³-hybridized carbons (Fsp3) is 0.333. The van der Waals surface area contributed by atoms with Crippen LogP contribution >= 0.6 is 0 Å². The summed E-state index contributed by atoms with van der Waals surface area (Å²) >= 11 is 0. The van der Waals surface area contributed by atoms with E-state index in [1.54, 1.807) is 6.20 Å². The van der Waals surface area contributed by atoms with E-state index in [0.717, 1.165) is 5.69 Å². The summed E-state index contributed by atoms with van der Waals surface area (Å²) in [6, 6.07) is 11.6. The van der Waals surface area contributed by atoms with Gasteiger partial charge in [-0.15, -0.1) is 0 Å². The van der Waals surface area contributed by atoms with Crippen LogP contribution in [0.3, 0.4) is 0 Å². The fourth-order valence-corrected chi connectivity index (χ4v) is 4.07. The first kappa shape index (κ1) is 18.5. The van der Waals surface area contributed by atoms with E-state index >= 15 is 0 Å². The number of carbonyl (C=O) groups is 1. The Balaban J connectivity index is 1.59. The Morgan fingerprint density at radius 1 is 1.12 bits per heavy atom. The van der Waals surface area contributed by atoms with Gasteiger partial charge in [-0.25, -0.2) is 8.42 Å². The van der Waals surface area contributed by atoms with Gasteiger partial charge in [0, 0.05) is 43.5 Å². The number of aromatic nitrogens is 1. The number of sulfonamides is 1. The van der Waals surface area contributed by atoms with Crippen LogP contribution in [-0.2, 0) is 21.2 Å². The number of carbonyl (C=O) groups excluding carboxylic acids is 1. The van der Waals surface area contributed by atoms with Crippen molar-refractivity contribution in [3.05, 3.63) is 59.9 Å². The average molecular weight is 375 g/mol. The lowest BCUT2D eigenvalue weighted by Gasteiger charge is -2.26. The number of amides is 1. The molecular formula is C18H21N3O4S. The topological polar surface area (TPSA) is 88.6 Å². The molecule has 0 saturated carbocycles. The van der Waals surface area contributed by atoms with E-state index in [2.05, 4.69) is 10.3 Å². The number of morpholine rings is 1. The van der Waals surface area contributed by atoms with Crippen molar-refractivity contribution in [2.45, 2.75) is 11.3 Å². The third kappa shape index (κ3) is 4.46. The van der Waals surface area contributed by atoms with Gasteiger partial charge in [-0.1, -0.05) is 6.07 Å². The van der Waals surface area contributed by atoms with E-state index in [1.807, 2.05) is 18.2 Å². The Bertz CT molecular complexity index is 832. The van der Waals surface area contributed by atoms with E-state index in [0.29, 0.717) is 44.8 Å². The van der Waals surface area contributed by atoms with Crippen molar-refractivity contribution < 1.29 is 17.9 Å². The Kier molecular flexibility index (Phi) is 5.97. The molecule has 2 aromatic rings. The molecule has 1 aliphatic rings. The molecule has 1 aromatic heterocycles. The molecule has 0 aliphatic carbocycles.